The van der Waals surface area contributed by atoms with Crippen LogP contribution in [0.25, 0.3) is 0 Å². The largest absolute Gasteiger partial charge is 0.392 e. The number of nitrogens with zero attached hydrogens (tertiary/aromatic N) is 1. The number of aliphatic hydroxyl groups is 1. The standard InChI is InChI=1S/C12H24N2O/c1-9-3-10(2)7-14(6-9)8-11-4-12(15)5-13-11/h9-13,15H,3-8H2,1-2H3. The number of likely N-dealkylation sites (tertiary alicyclic amines) is 1. The lowest BCUT2D eigenvalue weighted by Gasteiger charge is -2.36. The second kappa shape index (κ2) is 4.81. The van der Waals surface area contributed by atoms with Crippen LogP contribution < -0.4 is 5.32 Å². The van der Waals surface area contributed by atoms with Crippen LogP contribution in [0.4, 0.5) is 0 Å². The van der Waals surface area contributed by atoms with Crippen molar-refractivity contribution in [2.24, 2.45) is 11.8 Å². The lowest BCUT2D eigenvalue weighted by molar-refractivity contribution is 0.127. The van der Waals surface area contributed by atoms with Crippen molar-refractivity contribution in [1.29, 1.82) is 0 Å². The highest BCUT2D eigenvalue weighted by atomic mass is 16.3. The first-order chi connectivity index (χ1) is 7.13. The van der Waals surface area contributed by atoms with Crippen LogP contribution in [0.15, 0.2) is 0 Å². The number of aliphatic hydroxyl groups excluding tert-OH is 1. The Labute approximate surface area is 92.8 Å². The van der Waals surface area contributed by atoms with Crippen LogP contribution in [0.2, 0.25) is 0 Å². The maximum Gasteiger partial charge on any atom is 0.0680 e. The van der Waals surface area contributed by atoms with Crippen LogP contribution in [-0.4, -0.2) is 48.3 Å². The molecule has 0 aromatic carbocycles. The van der Waals surface area contributed by atoms with Gasteiger partial charge < -0.3 is 15.3 Å². The highest BCUT2D eigenvalue weighted by Gasteiger charge is 2.27. The molecule has 0 aromatic rings. The molecule has 0 amide bonds. The molecule has 0 bridgehead atoms. The summed E-state index contributed by atoms with van der Waals surface area (Å²) in [6.07, 6.45) is 2.19. The van der Waals surface area contributed by atoms with Gasteiger partial charge in [-0.2, -0.15) is 0 Å². The maximum atomic E-state index is 9.45. The Hall–Kier alpha value is -0.120. The van der Waals surface area contributed by atoms with Crippen molar-refractivity contribution >= 4 is 0 Å². The van der Waals surface area contributed by atoms with Crippen LogP contribution >= 0.6 is 0 Å². The monoisotopic (exact) mass is 212 g/mol. The van der Waals surface area contributed by atoms with E-state index in [1.54, 1.807) is 0 Å². The summed E-state index contributed by atoms with van der Waals surface area (Å²) in [5.74, 6) is 1.67. The van der Waals surface area contributed by atoms with E-state index in [-0.39, 0.29) is 6.10 Å². The molecule has 88 valence electrons. The zero-order chi connectivity index (χ0) is 10.8. The lowest BCUT2D eigenvalue weighted by atomic mass is 9.91. The van der Waals surface area contributed by atoms with Gasteiger partial charge in [-0.05, 0) is 24.7 Å². The van der Waals surface area contributed by atoms with Crippen molar-refractivity contribution in [1.82, 2.24) is 10.2 Å². The molecule has 0 spiro atoms. The Morgan fingerprint density at radius 2 is 1.87 bits per heavy atom. The lowest BCUT2D eigenvalue weighted by Crippen LogP contribution is -2.44. The molecule has 0 radical (unpaired) electrons. The van der Waals surface area contributed by atoms with Crippen molar-refractivity contribution < 1.29 is 5.11 Å². The molecule has 2 aliphatic rings. The molecule has 0 aromatic heterocycles. The third-order valence-electron chi connectivity index (χ3n) is 3.62. The average molecular weight is 212 g/mol. The predicted molar refractivity (Wildman–Crippen MR) is 61.8 cm³/mol. The summed E-state index contributed by atoms with van der Waals surface area (Å²) in [6.45, 7) is 9.06. The molecule has 2 fully saturated rings. The minimum absolute atomic E-state index is 0.116. The van der Waals surface area contributed by atoms with Gasteiger partial charge in [-0.3, -0.25) is 0 Å². The number of piperidine rings is 1. The fraction of sp³-hybridized carbons (Fsp3) is 1.00. The first-order valence-corrected chi connectivity index (χ1v) is 6.27. The second-order valence-electron chi connectivity index (χ2n) is 5.66. The van der Waals surface area contributed by atoms with Crippen LogP contribution in [0.1, 0.15) is 26.7 Å². The van der Waals surface area contributed by atoms with Crippen molar-refractivity contribution in [2.45, 2.75) is 38.8 Å². The number of nitrogens with one attached hydrogen (secondary N) is 1. The fourth-order valence-electron chi connectivity index (χ4n) is 3.19. The quantitative estimate of drug-likeness (QED) is 0.707. The molecule has 3 heteroatoms. The Kier molecular flexibility index (Phi) is 3.65. The number of rotatable bonds is 2. The molecule has 4 unspecified atom stereocenters. The Morgan fingerprint density at radius 3 is 2.40 bits per heavy atom. The minimum Gasteiger partial charge on any atom is -0.392 e. The summed E-state index contributed by atoms with van der Waals surface area (Å²) in [5.41, 5.74) is 0. The minimum atomic E-state index is -0.116. The summed E-state index contributed by atoms with van der Waals surface area (Å²) < 4.78 is 0. The van der Waals surface area contributed by atoms with Gasteiger partial charge in [-0.15, -0.1) is 0 Å². The van der Waals surface area contributed by atoms with Gasteiger partial charge >= 0.3 is 0 Å². The van der Waals surface area contributed by atoms with Crippen molar-refractivity contribution in [3.63, 3.8) is 0 Å². The second-order valence-corrected chi connectivity index (χ2v) is 5.66. The van der Waals surface area contributed by atoms with Crippen molar-refractivity contribution in [2.75, 3.05) is 26.2 Å². The van der Waals surface area contributed by atoms with Gasteiger partial charge in [-0.25, -0.2) is 0 Å². The molecule has 0 saturated carbocycles. The third-order valence-corrected chi connectivity index (χ3v) is 3.62. The topological polar surface area (TPSA) is 35.5 Å². The first kappa shape index (κ1) is 11.4. The predicted octanol–water partition coefficient (Wildman–Crippen LogP) is 0.687. The third kappa shape index (κ3) is 3.16. The Bertz CT molecular complexity index is 200. The molecule has 3 nitrogen and oxygen atoms in total. The highest BCUT2D eigenvalue weighted by molar-refractivity contribution is 4.85. The van der Waals surface area contributed by atoms with Crippen molar-refractivity contribution in [3.8, 4) is 0 Å². The molecule has 0 aliphatic carbocycles. The van der Waals surface area contributed by atoms with Gasteiger partial charge in [-0.1, -0.05) is 13.8 Å². The molecular formula is C12H24N2O. The van der Waals surface area contributed by atoms with E-state index < -0.39 is 0 Å². The van der Waals surface area contributed by atoms with Gasteiger partial charge in [0.25, 0.3) is 0 Å². The van der Waals surface area contributed by atoms with E-state index in [1.165, 1.54) is 19.5 Å². The summed E-state index contributed by atoms with van der Waals surface area (Å²) in [4.78, 5) is 2.56. The normalized spacial score (nSPS) is 43.4. The average Bonchev–Trinajstić information content (AvgIpc) is 2.49. The van der Waals surface area contributed by atoms with E-state index >= 15 is 0 Å². The summed E-state index contributed by atoms with van der Waals surface area (Å²) >= 11 is 0. The van der Waals surface area contributed by atoms with Gasteiger partial charge in [0.05, 0.1) is 6.10 Å². The van der Waals surface area contributed by atoms with Crippen LogP contribution in [-0.2, 0) is 0 Å². The van der Waals surface area contributed by atoms with Gasteiger partial charge in [0, 0.05) is 32.2 Å². The molecule has 2 heterocycles. The zero-order valence-corrected chi connectivity index (χ0v) is 9.95. The van der Waals surface area contributed by atoms with E-state index in [0.29, 0.717) is 6.04 Å². The first-order valence-electron chi connectivity index (χ1n) is 6.27. The van der Waals surface area contributed by atoms with Crippen LogP contribution in [0.5, 0.6) is 0 Å². The smallest absolute Gasteiger partial charge is 0.0680 e. The van der Waals surface area contributed by atoms with E-state index in [1.807, 2.05) is 0 Å². The number of hydrogen-bond acceptors (Lipinski definition) is 3. The highest BCUT2D eigenvalue weighted by Crippen LogP contribution is 2.21. The van der Waals surface area contributed by atoms with E-state index in [2.05, 4.69) is 24.1 Å². The molecule has 2 aliphatic heterocycles. The van der Waals surface area contributed by atoms with Crippen molar-refractivity contribution in [3.05, 3.63) is 0 Å². The zero-order valence-electron chi connectivity index (χ0n) is 9.95. The molecule has 2 N–H and O–H groups in total. The molecule has 4 atom stereocenters. The van der Waals surface area contributed by atoms with Gasteiger partial charge in [0.15, 0.2) is 0 Å². The molecule has 2 rings (SSSR count). The van der Waals surface area contributed by atoms with E-state index in [0.717, 1.165) is 31.3 Å². The van der Waals surface area contributed by atoms with Crippen LogP contribution in [0, 0.1) is 11.8 Å². The van der Waals surface area contributed by atoms with Crippen LogP contribution in [0.3, 0.4) is 0 Å². The van der Waals surface area contributed by atoms with E-state index in [4.69, 9.17) is 0 Å². The molecule has 2 saturated heterocycles. The summed E-state index contributed by atoms with van der Waals surface area (Å²) in [7, 11) is 0. The SMILES string of the molecule is CC1CC(C)CN(CC2CC(O)CN2)C1. The van der Waals surface area contributed by atoms with Gasteiger partial charge in [0.2, 0.25) is 0 Å². The fourth-order valence-corrected chi connectivity index (χ4v) is 3.19. The maximum absolute atomic E-state index is 9.45. The Balaban J connectivity index is 1.78. The summed E-state index contributed by atoms with van der Waals surface area (Å²) in [6, 6.07) is 0.512. The Morgan fingerprint density at radius 1 is 1.20 bits per heavy atom. The number of β-amino-alcohol motifs (C(OH)–C–C–N with tert-alkyl or cyclic N) is 1. The van der Waals surface area contributed by atoms with Gasteiger partial charge in [0.1, 0.15) is 0 Å². The molecular weight excluding hydrogens is 188 g/mol. The number of hydrogen-bond donors (Lipinski definition) is 2. The van der Waals surface area contributed by atoms with E-state index in [9.17, 15) is 5.11 Å². The summed E-state index contributed by atoms with van der Waals surface area (Å²) in [5, 5.41) is 12.8. The molecule has 15 heavy (non-hydrogen) atoms.